The highest BCUT2D eigenvalue weighted by Gasteiger charge is 2.43. The molecule has 1 amide bonds. The maximum atomic E-state index is 12.1. The van der Waals surface area contributed by atoms with E-state index in [0.29, 0.717) is 24.0 Å². The molecule has 1 saturated heterocycles. The van der Waals surface area contributed by atoms with E-state index in [-0.39, 0.29) is 18.7 Å². The Morgan fingerprint density at radius 1 is 1.29 bits per heavy atom. The lowest BCUT2D eigenvalue weighted by molar-refractivity contribution is -0.146. The van der Waals surface area contributed by atoms with E-state index in [4.69, 9.17) is 4.42 Å². The van der Waals surface area contributed by atoms with Gasteiger partial charge in [0.25, 0.3) is 0 Å². The number of nitrogens with one attached hydrogen (secondary N) is 1. The van der Waals surface area contributed by atoms with Gasteiger partial charge in [0, 0.05) is 24.2 Å². The summed E-state index contributed by atoms with van der Waals surface area (Å²) in [5, 5.41) is 19.9. The van der Waals surface area contributed by atoms with Crippen LogP contribution in [0.4, 0.5) is 0 Å². The zero-order chi connectivity index (χ0) is 17.0. The van der Waals surface area contributed by atoms with Crippen LogP contribution in [0, 0.1) is 0 Å². The van der Waals surface area contributed by atoms with Gasteiger partial charge in [-0.25, -0.2) is 4.79 Å². The molecular formula is C16H17N3O4S. The van der Waals surface area contributed by atoms with Gasteiger partial charge >= 0.3 is 5.97 Å². The first-order valence-electron chi connectivity index (χ1n) is 7.59. The molecule has 0 spiro atoms. The highest BCUT2D eigenvalue weighted by Crippen LogP contribution is 2.28. The highest BCUT2D eigenvalue weighted by molar-refractivity contribution is 7.99. The molecule has 2 aromatic rings. The zero-order valence-corrected chi connectivity index (χ0v) is 13.7. The predicted molar refractivity (Wildman–Crippen MR) is 88.5 cm³/mol. The molecule has 1 aromatic heterocycles. The molecule has 0 aliphatic carbocycles. The molecule has 126 valence electrons. The number of amides is 1. The lowest BCUT2D eigenvalue weighted by Crippen LogP contribution is -2.54. The molecule has 1 fully saturated rings. The van der Waals surface area contributed by atoms with Crippen molar-refractivity contribution >= 4 is 23.6 Å². The number of carbonyl (C=O) groups is 2. The number of aromatic nitrogens is 2. The van der Waals surface area contributed by atoms with Gasteiger partial charge in [-0.2, -0.15) is 11.8 Å². The molecule has 1 aliphatic heterocycles. The predicted octanol–water partition coefficient (Wildman–Crippen LogP) is 1.75. The second kappa shape index (κ2) is 7.04. The Bertz CT molecular complexity index is 726. The van der Waals surface area contributed by atoms with Crippen molar-refractivity contribution < 1.29 is 19.1 Å². The third-order valence-corrected chi connectivity index (χ3v) is 5.05. The molecule has 3 rings (SSSR count). The lowest BCUT2D eigenvalue weighted by Gasteiger charge is -2.24. The van der Waals surface area contributed by atoms with Crippen LogP contribution in [-0.2, 0) is 16.0 Å². The number of aliphatic carboxylic acids is 1. The van der Waals surface area contributed by atoms with Crippen LogP contribution in [0.1, 0.15) is 18.7 Å². The summed E-state index contributed by atoms with van der Waals surface area (Å²) >= 11 is 1.53. The highest BCUT2D eigenvalue weighted by atomic mass is 32.2. The van der Waals surface area contributed by atoms with Gasteiger partial charge in [0.2, 0.25) is 17.7 Å². The van der Waals surface area contributed by atoms with E-state index < -0.39 is 11.5 Å². The Morgan fingerprint density at radius 3 is 2.75 bits per heavy atom. The molecule has 2 heterocycles. The quantitative estimate of drug-likeness (QED) is 0.820. The number of thioether (sulfide) groups is 1. The first-order chi connectivity index (χ1) is 11.6. The molecule has 0 radical (unpaired) electrons. The fourth-order valence-electron chi connectivity index (χ4n) is 2.49. The van der Waals surface area contributed by atoms with Crippen molar-refractivity contribution in [2.45, 2.75) is 24.8 Å². The summed E-state index contributed by atoms with van der Waals surface area (Å²) in [7, 11) is 0. The maximum Gasteiger partial charge on any atom is 0.330 e. The Kier molecular flexibility index (Phi) is 4.84. The summed E-state index contributed by atoms with van der Waals surface area (Å²) in [6.45, 7) is 0. The molecule has 24 heavy (non-hydrogen) atoms. The van der Waals surface area contributed by atoms with E-state index in [1.165, 1.54) is 11.8 Å². The average molecular weight is 347 g/mol. The van der Waals surface area contributed by atoms with Gasteiger partial charge in [0.1, 0.15) is 5.54 Å². The average Bonchev–Trinajstić information content (AvgIpc) is 3.24. The Hall–Kier alpha value is -2.35. The second-order valence-corrected chi connectivity index (χ2v) is 6.71. The first kappa shape index (κ1) is 16.5. The molecule has 1 aliphatic rings. The molecule has 1 unspecified atom stereocenters. The van der Waals surface area contributed by atoms with Gasteiger partial charge in [-0.05, 0) is 24.3 Å². The SMILES string of the molecule is O=C(CCc1nnc(-c2ccccc2)o1)NC1(C(=O)O)CCSC1. The fourth-order valence-corrected chi connectivity index (χ4v) is 3.81. The number of carboxylic acids is 1. The van der Waals surface area contributed by atoms with Crippen molar-refractivity contribution in [1.29, 1.82) is 0 Å². The van der Waals surface area contributed by atoms with Crippen LogP contribution >= 0.6 is 11.8 Å². The van der Waals surface area contributed by atoms with Gasteiger partial charge in [0.15, 0.2) is 0 Å². The van der Waals surface area contributed by atoms with Gasteiger partial charge in [-0.15, -0.1) is 10.2 Å². The summed E-state index contributed by atoms with van der Waals surface area (Å²) in [5.41, 5.74) is -0.334. The third-order valence-electron chi connectivity index (χ3n) is 3.86. The van der Waals surface area contributed by atoms with Crippen LogP contribution in [0.25, 0.3) is 11.5 Å². The Balaban J connectivity index is 1.57. The van der Waals surface area contributed by atoms with E-state index in [2.05, 4.69) is 15.5 Å². The van der Waals surface area contributed by atoms with E-state index in [9.17, 15) is 14.7 Å². The van der Waals surface area contributed by atoms with Crippen molar-refractivity contribution in [2.75, 3.05) is 11.5 Å². The minimum Gasteiger partial charge on any atom is -0.479 e. The number of rotatable bonds is 6. The summed E-state index contributed by atoms with van der Waals surface area (Å²) in [6, 6.07) is 9.36. The summed E-state index contributed by atoms with van der Waals surface area (Å²) in [4.78, 5) is 23.5. The fraction of sp³-hybridized carbons (Fsp3) is 0.375. The molecule has 1 atom stereocenters. The summed E-state index contributed by atoms with van der Waals surface area (Å²) < 4.78 is 5.54. The molecular weight excluding hydrogens is 330 g/mol. The van der Waals surface area contributed by atoms with Crippen LogP contribution < -0.4 is 5.32 Å². The normalized spacial score (nSPS) is 20.0. The van der Waals surface area contributed by atoms with Crippen LogP contribution in [-0.4, -0.2) is 44.2 Å². The monoisotopic (exact) mass is 347 g/mol. The largest absolute Gasteiger partial charge is 0.479 e. The first-order valence-corrected chi connectivity index (χ1v) is 8.74. The van der Waals surface area contributed by atoms with Gasteiger partial charge in [-0.1, -0.05) is 18.2 Å². The van der Waals surface area contributed by atoms with Crippen molar-refractivity contribution in [1.82, 2.24) is 15.5 Å². The number of hydrogen-bond donors (Lipinski definition) is 2. The van der Waals surface area contributed by atoms with Gasteiger partial charge < -0.3 is 14.8 Å². The van der Waals surface area contributed by atoms with E-state index in [1.807, 2.05) is 30.3 Å². The molecule has 0 bridgehead atoms. The molecule has 1 aromatic carbocycles. The van der Waals surface area contributed by atoms with Crippen molar-refractivity contribution in [3.63, 3.8) is 0 Å². The Labute approximate surface area is 142 Å². The lowest BCUT2D eigenvalue weighted by atomic mass is 9.99. The number of benzene rings is 1. The van der Waals surface area contributed by atoms with Gasteiger partial charge in [0.05, 0.1) is 0 Å². The standard InChI is InChI=1S/C16H17N3O4S/c20-12(17-16(15(21)22)8-9-24-10-16)6-7-13-18-19-14(23-13)11-4-2-1-3-5-11/h1-5H,6-10H2,(H,17,20)(H,21,22). The molecule has 7 nitrogen and oxygen atoms in total. The summed E-state index contributed by atoms with van der Waals surface area (Å²) in [5.74, 6) is 0.586. The number of aryl methyl sites for hydroxylation is 1. The van der Waals surface area contributed by atoms with Crippen LogP contribution in [0.5, 0.6) is 0 Å². The van der Waals surface area contributed by atoms with E-state index in [0.717, 1.165) is 11.3 Å². The number of hydrogen-bond acceptors (Lipinski definition) is 6. The molecule has 8 heteroatoms. The minimum absolute atomic E-state index is 0.107. The molecule has 0 saturated carbocycles. The van der Waals surface area contributed by atoms with Gasteiger partial charge in [-0.3, -0.25) is 4.79 Å². The maximum absolute atomic E-state index is 12.1. The van der Waals surface area contributed by atoms with Crippen LogP contribution in [0.3, 0.4) is 0 Å². The number of carboxylic acid groups (broad SMARTS) is 1. The van der Waals surface area contributed by atoms with Crippen LogP contribution in [0.2, 0.25) is 0 Å². The summed E-state index contributed by atoms with van der Waals surface area (Å²) in [6.07, 6.45) is 0.822. The van der Waals surface area contributed by atoms with Crippen molar-refractivity contribution in [3.8, 4) is 11.5 Å². The van der Waals surface area contributed by atoms with Crippen LogP contribution in [0.15, 0.2) is 34.7 Å². The second-order valence-electron chi connectivity index (χ2n) is 5.61. The third kappa shape index (κ3) is 3.59. The number of nitrogens with zero attached hydrogens (tertiary/aromatic N) is 2. The zero-order valence-electron chi connectivity index (χ0n) is 12.9. The van der Waals surface area contributed by atoms with E-state index >= 15 is 0 Å². The Morgan fingerprint density at radius 2 is 2.08 bits per heavy atom. The molecule has 2 N–H and O–H groups in total. The minimum atomic E-state index is -1.15. The smallest absolute Gasteiger partial charge is 0.330 e. The van der Waals surface area contributed by atoms with E-state index in [1.54, 1.807) is 0 Å². The van der Waals surface area contributed by atoms with Crippen molar-refractivity contribution in [2.24, 2.45) is 0 Å². The topological polar surface area (TPSA) is 105 Å². The van der Waals surface area contributed by atoms with Crippen molar-refractivity contribution in [3.05, 3.63) is 36.2 Å². The number of carbonyl (C=O) groups excluding carboxylic acids is 1.